The lowest BCUT2D eigenvalue weighted by atomic mass is 10.2. The fourth-order valence-electron chi connectivity index (χ4n) is 3.44. The number of hydrogen-bond acceptors (Lipinski definition) is 10. The van der Waals surface area contributed by atoms with Gasteiger partial charge in [0.1, 0.15) is 17.2 Å². The van der Waals surface area contributed by atoms with Crippen LogP contribution in [0.15, 0.2) is 59.5 Å². The molecule has 0 spiro atoms. The molecule has 0 atom stereocenters. The third-order valence-electron chi connectivity index (χ3n) is 5.19. The first-order valence-electron chi connectivity index (χ1n) is 10.5. The second kappa shape index (κ2) is 10.1. The summed E-state index contributed by atoms with van der Waals surface area (Å²) in [5, 5.41) is 2.59. The number of aromatic nitrogens is 3. The fraction of sp³-hybridized carbons (Fsp3) is 0.174. The highest BCUT2D eigenvalue weighted by molar-refractivity contribution is 7.88. The molecule has 15 heteroatoms. The average molecular weight is 552 g/mol. The van der Waals surface area contributed by atoms with Crippen molar-refractivity contribution in [3.05, 3.63) is 65.1 Å². The smallest absolute Gasteiger partial charge is 0.497 e. The zero-order valence-corrected chi connectivity index (χ0v) is 20.8. The maximum atomic E-state index is 13.2. The Labute approximate surface area is 213 Å². The zero-order chi connectivity index (χ0) is 27.7. The molecule has 0 unspecified atom stereocenters. The first-order valence-corrected chi connectivity index (χ1v) is 12.0. The summed E-state index contributed by atoms with van der Waals surface area (Å²) in [6, 6.07) is 11.8. The van der Waals surface area contributed by atoms with Crippen molar-refractivity contribution in [2.75, 3.05) is 26.6 Å². The number of benzene rings is 2. The van der Waals surface area contributed by atoms with Crippen LogP contribution in [0.25, 0.3) is 16.7 Å². The maximum Gasteiger partial charge on any atom is 0.534 e. The molecule has 200 valence electrons. The Hall–Kier alpha value is -4.53. The van der Waals surface area contributed by atoms with Crippen molar-refractivity contribution in [2.24, 2.45) is 0 Å². The molecule has 1 N–H and O–H groups in total. The van der Waals surface area contributed by atoms with Crippen molar-refractivity contribution >= 4 is 32.8 Å². The third-order valence-corrected chi connectivity index (χ3v) is 6.15. The van der Waals surface area contributed by atoms with E-state index < -0.39 is 26.9 Å². The molecule has 0 fully saturated rings. The van der Waals surface area contributed by atoms with E-state index >= 15 is 0 Å². The molecule has 0 saturated heterocycles. The van der Waals surface area contributed by atoms with E-state index in [1.54, 1.807) is 24.3 Å². The normalized spacial score (nSPS) is 11.7. The van der Waals surface area contributed by atoms with E-state index in [4.69, 9.17) is 14.2 Å². The Morgan fingerprint density at radius 2 is 1.63 bits per heavy atom. The quantitative estimate of drug-likeness (QED) is 0.255. The van der Waals surface area contributed by atoms with Gasteiger partial charge in [-0.25, -0.2) is 4.98 Å². The van der Waals surface area contributed by atoms with E-state index in [9.17, 15) is 26.4 Å². The molecule has 0 aliphatic carbocycles. The molecule has 2 aromatic heterocycles. The summed E-state index contributed by atoms with van der Waals surface area (Å²) in [4.78, 5) is 21.6. The number of rotatable bonds is 8. The SMILES string of the molecule is COc1ccc(-n2c(=O)cc(OS(=O)(=O)C(F)(F)F)c3cnc(Nc4ccccc4OC)nc32)c(OC)c1. The van der Waals surface area contributed by atoms with E-state index in [0.717, 1.165) is 10.8 Å². The van der Waals surface area contributed by atoms with Gasteiger partial charge in [0.2, 0.25) is 5.95 Å². The predicted molar refractivity (Wildman–Crippen MR) is 130 cm³/mol. The monoisotopic (exact) mass is 552 g/mol. The highest BCUT2D eigenvalue weighted by Gasteiger charge is 2.49. The van der Waals surface area contributed by atoms with Crippen LogP contribution in [0.4, 0.5) is 24.8 Å². The molecule has 38 heavy (non-hydrogen) atoms. The Bertz CT molecular complexity index is 1670. The molecule has 11 nitrogen and oxygen atoms in total. The van der Waals surface area contributed by atoms with Gasteiger partial charge in [0, 0.05) is 18.3 Å². The predicted octanol–water partition coefficient (Wildman–Crippen LogP) is 3.78. The number of ether oxygens (including phenoxy) is 3. The maximum absolute atomic E-state index is 13.2. The average Bonchev–Trinajstić information content (AvgIpc) is 2.88. The number of alkyl halides is 3. The van der Waals surface area contributed by atoms with Crippen LogP contribution in [-0.4, -0.2) is 49.8 Å². The topological polar surface area (TPSA) is 131 Å². The van der Waals surface area contributed by atoms with Gasteiger partial charge in [-0.05, 0) is 24.3 Å². The third kappa shape index (κ3) is 5.00. The minimum Gasteiger partial charge on any atom is -0.497 e. The van der Waals surface area contributed by atoms with Crippen molar-refractivity contribution in [1.82, 2.24) is 14.5 Å². The highest BCUT2D eigenvalue weighted by Crippen LogP contribution is 2.34. The van der Waals surface area contributed by atoms with Crippen LogP contribution in [0, 0.1) is 0 Å². The Kier molecular flexibility index (Phi) is 7.04. The number of anilines is 2. The van der Waals surface area contributed by atoms with E-state index in [1.165, 1.54) is 39.5 Å². The summed E-state index contributed by atoms with van der Waals surface area (Å²) in [5.41, 5.74) is -6.40. The zero-order valence-electron chi connectivity index (χ0n) is 19.9. The van der Waals surface area contributed by atoms with Gasteiger partial charge in [-0.3, -0.25) is 9.36 Å². The van der Waals surface area contributed by atoms with Crippen LogP contribution in [0.2, 0.25) is 0 Å². The van der Waals surface area contributed by atoms with Crippen LogP contribution in [0.3, 0.4) is 0 Å². The van der Waals surface area contributed by atoms with Crippen LogP contribution >= 0.6 is 0 Å². The van der Waals surface area contributed by atoms with Crippen LogP contribution < -0.4 is 29.3 Å². The van der Waals surface area contributed by atoms with Gasteiger partial charge >= 0.3 is 15.6 Å². The molecule has 0 aliphatic heterocycles. The van der Waals surface area contributed by atoms with Gasteiger partial charge in [0.15, 0.2) is 11.4 Å². The van der Waals surface area contributed by atoms with Gasteiger partial charge < -0.3 is 23.7 Å². The summed E-state index contributed by atoms with van der Waals surface area (Å²) in [7, 11) is -1.90. The molecule has 0 radical (unpaired) electrons. The van der Waals surface area contributed by atoms with E-state index in [2.05, 4.69) is 19.5 Å². The van der Waals surface area contributed by atoms with Crippen LogP contribution in [0.5, 0.6) is 23.0 Å². The summed E-state index contributed by atoms with van der Waals surface area (Å²) < 4.78 is 83.7. The largest absolute Gasteiger partial charge is 0.534 e. The number of hydrogen-bond donors (Lipinski definition) is 1. The molecule has 4 aromatic rings. The summed E-state index contributed by atoms with van der Waals surface area (Å²) in [5.74, 6) is -0.0124. The molecule has 0 amide bonds. The molecule has 2 aromatic carbocycles. The van der Waals surface area contributed by atoms with Crippen molar-refractivity contribution in [1.29, 1.82) is 0 Å². The molecule has 0 bridgehead atoms. The fourth-order valence-corrected chi connectivity index (χ4v) is 3.91. The van der Waals surface area contributed by atoms with Crippen LogP contribution in [-0.2, 0) is 10.1 Å². The molecule has 2 heterocycles. The first-order chi connectivity index (χ1) is 18.0. The minimum atomic E-state index is -6.10. The van der Waals surface area contributed by atoms with Crippen LogP contribution in [0.1, 0.15) is 0 Å². The van der Waals surface area contributed by atoms with Gasteiger partial charge in [0.25, 0.3) is 5.56 Å². The number of nitrogens with zero attached hydrogens (tertiary/aromatic N) is 3. The molecule has 0 saturated carbocycles. The molecular weight excluding hydrogens is 533 g/mol. The second-order valence-electron chi connectivity index (χ2n) is 7.46. The number of fused-ring (bicyclic) bond motifs is 1. The summed E-state index contributed by atoms with van der Waals surface area (Å²) >= 11 is 0. The van der Waals surface area contributed by atoms with Crippen molar-refractivity contribution < 1.29 is 40.0 Å². The van der Waals surface area contributed by atoms with Gasteiger partial charge in [-0.2, -0.15) is 26.6 Å². The lowest BCUT2D eigenvalue weighted by molar-refractivity contribution is -0.0499. The lowest BCUT2D eigenvalue weighted by Gasteiger charge is -2.17. The summed E-state index contributed by atoms with van der Waals surface area (Å²) in [6.45, 7) is 0. The molecule has 4 rings (SSSR count). The number of halogens is 3. The Balaban J connectivity index is 1.99. The van der Waals surface area contributed by atoms with E-state index in [0.29, 0.717) is 23.3 Å². The lowest BCUT2D eigenvalue weighted by Crippen LogP contribution is -2.29. The first kappa shape index (κ1) is 26.5. The minimum absolute atomic E-state index is 0.0848. The highest BCUT2D eigenvalue weighted by atomic mass is 32.2. The van der Waals surface area contributed by atoms with E-state index in [-0.39, 0.29) is 28.4 Å². The van der Waals surface area contributed by atoms with Crippen molar-refractivity contribution in [3.8, 4) is 28.7 Å². The van der Waals surface area contributed by atoms with Crippen molar-refractivity contribution in [3.63, 3.8) is 0 Å². The molecule has 0 aliphatic rings. The molecular formula is C23H19F3N4O7S. The van der Waals surface area contributed by atoms with Gasteiger partial charge in [-0.15, -0.1) is 0 Å². The Morgan fingerprint density at radius 1 is 0.921 bits per heavy atom. The standard InChI is InChI=1S/C23H19F3N4O7S/c1-34-13-8-9-16(19(10-13)36-3)30-20(31)11-18(37-38(32,33)23(24,25)26)14-12-27-22(29-21(14)30)28-15-6-4-5-7-17(15)35-2/h4-12H,1-3H3,(H,27,28,29). The number of pyridine rings is 1. The van der Waals surface area contributed by atoms with Gasteiger partial charge in [-0.1, -0.05) is 12.1 Å². The summed E-state index contributed by atoms with van der Waals surface area (Å²) in [6.07, 6.45) is 1.02. The Morgan fingerprint density at radius 3 is 2.29 bits per heavy atom. The van der Waals surface area contributed by atoms with Crippen molar-refractivity contribution in [2.45, 2.75) is 5.51 Å². The second-order valence-corrected chi connectivity index (χ2v) is 9.00. The number of methoxy groups -OCH3 is 3. The van der Waals surface area contributed by atoms with Gasteiger partial charge in [0.05, 0.1) is 38.1 Å². The van der Waals surface area contributed by atoms with E-state index in [1.807, 2.05) is 0 Å². The number of para-hydroxylation sites is 2. The number of nitrogens with one attached hydrogen (secondary N) is 1.